The molecule has 0 radical (unpaired) electrons. The minimum absolute atomic E-state index is 0.0647. The summed E-state index contributed by atoms with van der Waals surface area (Å²) in [7, 11) is -3.48. The van der Waals surface area contributed by atoms with Gasteiger partial charge in [-0.3, -0.25) is 10.1 Å². The van der Waals surface area contributed by atoms with Crippen LogP contribution in [-0.4, -0.2) is 37.4 Å². The van der Waals surface area contributed by atoms with E-state index in [2.05, 4.69) is 5.32 Å². The first kappa shape index (κ1) is 18.7. The van der Waals surface area contributed by atoms with Crippen molar-refractivity contribution >= 4 is 21.2 Å². The monoisotopic (exact) mass is 356 g/mol. The Morgan fingerprint density at radius 1 is 1.33 bits per heavy atom. The average molecular weight is 356 g/mol. The molecule has 1 aromatic carbocycles. The molecule has 0 aliphatic heterocycles. The van der Waals surface area contributed by atoms with Crippen LogP contribution in [0.2, 0.25) is 0 Å². The van der Waals surface area contributed by atoms with E-state index in [4.69, 9.17) is 0 Å². The fraction of sp³-hybridized carbons (Fsp3) is 0.625. The van der Waals surface area contributed by atoms with Crippen molar-refractivity contribution < 1.29 is 18.4 Å². The van der Waals surface area contributed by atoms with Gasteiger partial charge in [0.2, 0.25) is 0 Å². The van der Waals surface area contributed by atoms with Crippen LogP contribution >= 0.6 is 0 Å². The molecule has 0 amide bonds. The van der Waals surface area contributed by atoms with E-state index in [9.17, 15) is 23.6 Å². The maximum Gasteiger partial charge on any atom is 0.293 e. The van der Waals surface area contributed by atoms with Crippen molar-refractivity contribution in [1.29, 1.82) is 0 Å². The molecule has 1 aliphatic rings. The van der Waals surface area contributed by atoms with Gasteiger partial charge in [-0.15, -0.1) is 0 Å². The van der Waals surface area contributed by atoms with Gasteiger partial charge in [0.1, 0.15) is 5.69 Å². The Morgan fingerprint density at radius 3 is 2.67 bits per heavy atom. The standard InChI is InChI=1S/C16H24N2O5S/c1-24(22,23)13-8-9-14(15(11-13)18(20)21)17-10-4-6-12-5-2-3-7-16(12)19/h8-9,11-12,16-17,19H,2-7,10H2,1H3. The molecule has 7 nitrogen and oxygen atoms in total. The maximum atomic E-state index is 11.5. The summed E-state index contributed by atoms with van der Waals surface area (Å²) in [5.41, 5.74) is 0.0761. The number of nitrogens with zero attached hydrogens (tertiary/aromatic N) is 1. The summed E-state index contributed by atoms with van der Waals surface area (Å²) >= 11 is 0. The number of hydrogen-bond acceptors (Lipinski definition) is 6. The van der Waals surface area contributed by atoms with Gasteiger partial charge < -0.3 is 10.4 Å². The quantitative estimate of drug-likeness (QED) is 0.442. The van der Waals surface area contributed by atoms with Gasteiger partial charge in [0.15, 0.2) is 9.84 Å². The second kappa shape index (κ2) is 7.94. The first-order valence-corrected chi connectivity index (χ1v) is 10.1. The van der Waals surface area contributed by atoms with E-state index >= 15 is 0 Å². The van der Waals surface area contributed by atoms with E-state index in [0.717, 1.165) is 50.8 Å². The molecule has 2 atom stereocenters. The van der Waals surface area contributed by atoms with Crippen LogP contribution in [0.4, 0.5) is 11.4 Å². The summed E-state index contributed by atoms with van der Waals surface area (Å²) in [6.07, 6.45) is 6.58. The van der Waals surface area contributed by atoms with E-state index in [1.807, 2.05) is 0 Å². The van der Waals surface area contributed by atoms with Crippen LogP contribution in [0.15, 0.2) is 23.1 Å². The number of aliphatic hydroxyl groups excluding tert-OH is 1. The number of benzene rings is 1. The zero-order chi connectivity index (χ0) is 17.7. The van der Waals surface area contributed by atoms with Crippen LogP contribution in [0.5, 0.6) is 0 Å². The lowest BCUT2D eigenvalue weighted by atomic mass is 9.83. The van der Waals surface area contributed by atoms with E-state index in [1.165, 1.54) is 12.1 Å². The lowest BCUT2D eigenvalue weighted by Crippen LogP contribution is -2.24. The lowest BCUT2D eigenvalue weighted by Gasteiger charge is -2.27. The predicted octanol–water partition coefficient (Wildman–Crippen LogP) is 2.74. The van der Waals surface area contributed by atoms with Crippen molar-refractivity contribution in [2.75, 3.05) is 18.1 Å². The number of nitro benzene ring substituents is 1. The second-order valence-electron chi connectivity index (χ2n) is 6.39. The highest BCUT2D eigenvalue weighted by Crippen LogP contribution is 2.29. The van der Waals surface area contributed by atoms with Gasteiger partial charge in [0.05, 0.1) is 15.9 Å². The normalized spacial score (nSPS) is 21.4. The van der Waals surface area contributed by atoms with Crippen molar-refractivity contribution in [2.24, 2.45) is 5.92 Å². The zero-order valence-corrected chi connectivity index (χ0v) is 14.6. The topological polar surface area (TPSA) is 110 Å². The summed E-state index contributed by atoms with van der Waals surface area (Å²) in [4.78, 5) is 10.5. The molecular formula is C16H24N2O5S. The molecule has 0 saturated heterocycles. The minimum Gasteiger partial charge on any atom is -0.393 e. The molecule has 0 spiro atoms. The van der Waals surface area contributed by atoms with Crippen LogP contribution in [0, 0.1) is 16.0 Å². The number of nitro groups is 1. The molecule has 1 aromatic rings. The van der Waals surface area contributed by atoms with Gasteiger partial charge in [-0.2, -0.15) is 0 Å². The third kappa shape index (κ3) is 4.91. The van der Waals surface area contributed by atoms with E-state index in [-0.39, 0.29) is 16.7 Å². The molecule has 1 aliphatic carbocycles. The highest BCUT2D eigenvalue weighted by molar-refractivity contribution is 7.90. The Balaban J connectivity index is 1.95. The summed E-state index contributed by atoms with van der Waals surface area (Å²) in [5.74, 6) is 0.308. The fourth-order valence-corrected chi connectivity index (χ4v) is 3.80. The van der Waals surface area contributed by atoms with Crippen LogP contribution < -0.4 is 5.32 Å². The Hall–Kier alpha value is -1.67. The van der Waals surface area contributed by atoms with Crippen LogP contribution in [0.1, 0.15) is 38.5 Å². The third-order valence-electron chi connectivity index (χ3n) is 4.53. The van der Waals surface area contributed by atoms with E-state index in [0.29, 0.717) is 18.2 Å². The Bertz CT molecular complexity index is 690. The highest BCUT2D eigenvalue weighted by atomic mass is 32.2. The minimum atomic E-state index is -3.48. The van der Waals surface area contributed by atoms with Crippen LogP contribution in [-0.2, 0) is 9.84 Å². The summed E-state index contributed by atoms with van der Waals surface area (Å²) in [6.45, 7) is 0.544. The predicted molar refractivity (Wildman–Crippen MR) is 91.9 cm³/mol. The van der Waals surface area contributed by atoms with Crippen molar-refractivity contribution in [3.05, 3.63) is 28.3 Å². The molecule has 134 valence electrons. The van der Waals surface area contributed by atoms with Gasteiger partial charge in [-0.1, -0.05) is 12.8 Å². The first-order chi connectivity index (χ1) is 11.3. The van der Waals surface area contributed by atoms with E-state index in [1.54, 1.807) is 0 Å². The number of aliphatic hydroxyl groups is 1. The molecular weight excluding hydrogens is 332 g/mol. The third-order valence-corrected chi connectivity index (χ3v) is 5.64. The Labute approximate surface area is 142 Å². The van der Waals surface area contributed by atoms with Gasteiger partial charge in [0, 0.05) is 18.9 Å². The molecule has 1 fully saturated rings. The maximum absolute atomic E-state index is 11.5. The SMILES string of the molecule is CS(=O)(=O)c1ccc(NCCCC2CCCCC2O)c([N+](=O)[O-])c1. The number of anilines is 1. The Kier molecular flexibility index (Phi) is 6.17. The van der Waals surface area contributed by atoms with Gasteiger partial charge in [0.25, 0.3) is 5.69 Å². The largest absolute Gasteiger partial charge is 0.393 e. The van der Waals surface area contributed by atoms with Crippen molar-refractivity contribution in [3.63, 3.8) is 0 Å². The molecule has 0 aromatic heterocycles. The lowest BCUT2D eigenvalue weighted by molar-refractivity contribution is -0.384. The van der Waals surface area contributed by atoms with Gasteiger partial charge in [-0.05, 0) is 43.7 Å². The highest BCUT2D eigenvalue weighted by Gasteiger charge is 2.22. The fourth-order valence-electron chi connectivity index (χ4n) is 3.15. The smallest absolute Gasteiger partial charge is 0.293 e. The van der Waals surface area contributed by atoms with Gasteiger partial charge >= 0.3 is 0 Å². The molecule has 8 heteroatoms. The molecule has 0 heterocycles. The summed E-state index contributed by atoms with van der Waals surface area (Å²) in [5, 5.41) is 24.1. The number of nitrogens with one attached hydrogen (secondary N) is 1. The molecule has 1 saturated carbocycles. The second-order valence-corrected chi connectivity index (χ2v) is 8.40. The summed E-state index contributed by atoms with van der Waals surface area (Å²) in [6, 6.07) is 3.89. The molecule has 2 unspecified atom stereocenters. The summed E-state index contributed by atoms with van der Waals surface area (Å²) < 4.78 is 23.0. The van der Waals surface area contributed by atoms with Crippen molar-refractivity contribution in [1.82, 2.24) is 0 Å². The number of rotatable bonds is 7. The first-order valence-electron chi connectivity index (χ1n) is 8.19. The number of sulfone groups is 1. The molecule has 24 heavy (non-hydrogen) atoms. The molecule has 2 N–H and O–H groups in total. The van der Waals surface area contributed by atoms with Crippen molar-refractivity contribution in [2.45, 2.75) is 49.5 Å². The molecule has 0 bridgehead atoms. The zero-order valence-electron chi connectivity index (χ0n) is 13.8. The van der Waals surface area contributed by atoms with E-state index < -0.39 is 14.8 Å². The van der Waals surface area contributed by atoms with Crippen LogP contribution in [0.25, 0.3) is 0 Å². The van der Waals surface area contributed by atoms with Crippen molar-refractivity contribution in [3.8, 4) is 0 Å². The Morgan fingerprint density at radius 2 is 2.04 bits per heavy atom. The van der Waals surface area contributed by atoms with Crippen LogP contribution in [0.3, 0.4) is 0 Å². The van der Waals surface area contributed by atoms with Gasteiger partial charge in [-0.25, -0.2) is 8.42 Å². The average Bonchev–Trinajstić information content (AvgIpc) is 2.52. The number of hydrogen-bond donors (Lipinski definition) is 2. The molecule has 2 rings (SSSR count).